The molecule has 0 amide bonds. The maximum Gasteiger partial charge on any atom is 0.373 e. The van der Waals surface area contributed by atoms with E-state index >= 15 is 0 Å². The summed E-state index contributed by atoms with van der Waals surface area (Å²) < 4.78 is 0. The van der Waals surface area contributed by atoms with E-state index in [0.717, 1.165) is 57.8 Å². The summed E-state index contributed by atoms with van der Waals surface area (Å²) in [6, 6.07) is 26.5. The number of carbonyl (C=O) groups excluding carboxylic acids is 3. The van der Waals surface area contributed by atoms with E-state index in [9.17, 15) is 14.4 Å². The molecule has 0 aromatic heterocycles. The first kappa shape index (κ1) is 42.0. The van der Waals surface area contributed by atoms with E-state index in [1.54, 1.807) is 72.8 Å². The summed E-state index contributed by atoms with van der Waals surface area (Å²) in [7, 11) is 0. The van der Waals surface area contributed by atoms with Crippen LogP contribution in [0.25, 0.3) is 0 Å². The quantitative estimate of drug-likeness (QED) is 0.0968. The minimum absolute atomic E-state index is 0.00216. The smallest absolute Gasteiger partial charge is 0.293 e. The summed E-state index contributed by atoms with van der Waals surface area (Å²) in [6.45, 7) is 12.2. The maximum absolute atomic E-state index is 11.6. The number of hydrogen-bond donors (Lipinski definition) is 0. The second-order valence-electron chi connectivity index (χ2n) is 11.1. The Hall–Kier alpha value is -4.05. The third kappa shape index (κ3) is 18.9. The van der Waals surface area contributed by atoms with Gasteiger partial charge in [0.1, 0.15) is 18.3 Å². The van der Waals surface area contributed by atoms with E-state index in [1.165, 1.54) is 0 Å². The molecular weight excluding hydrogens is 612 g/mol. The molecule has 264 valence electrons. The summed E-state index contributed by atoms with van der Waals surface area (Å²) >= 11 is 0. The monoisotopic (exact) mass is 666 g/mol. The normalized spacial score (nSPS) is 11.6. The molecule has 0 N–H and O–H groups in total. The molecule has 2 atom stereocenters. The van der Waals surface area contributed by atoms with E-state index in [2.05, 4.69) is 27.7 Å². The van der Waals surface area contributed by atoms with Crippen LogP contribution in [0.15, 0.2) is 91.0 Å². The highest BCUT2D eigenvalue weighted by atomic mass is 17.2. The van der Waals surface area contributed by atoms with Crippen LogP contribution in [0.5, 0.6) is 0 Å². The molecule has 0 aliphatic carbocycles. The average Bonchev–Trinajstić information content (AvgIpc) is 3.13. The van der Waals surface area contributed by atoms with Crippen molar-refractivity contribution in [1.29, 1.82) is 0 Å². The second-order valence-corrected chi connectivity index (χ2v) is 11.1. The van der Waals surface area contributed by atoms with Gasteiger partial charge in [-0.25, -0.2) is 14.4 Å². The van der Waals surface area contributed by atoms with Gasteiger partial charge in [-0.15, -0.1) is 0 Å². The zero-order valence-electron chi connectivity index (χ0n) is 29.4. The van der Waals surface area contributed by atoms with Crippen molar-refractivity contribution >= 4 is 17.9 Å². The standard InChI is InChI=1S/C14H20O3.C13H18O3.C12H16O3/c1-3-8-13(9-4-2)16-17-14(15)12-10-6-5-7-11-12;1-3-8-12(4-2)15-16-13(14)11-9-6-5-7-10-11;1-3-7-10(2)14-15-12(13)11-8-5-4-6-9-11/h5-7,10-11,13H,3-4,8-9H2,1-2H3;5-7,9-10,12H,3-4,8H2,1-2H3;4-6,8-10H,3,7H2,1-2H3. The summed E-state index contributed by atoms with van der Waals surface area (Å²) in [5.74, 6) is -1.31. The first-order chi connectivity index (χ1) is 23.3. The van der Waals surface area contributed by atoms with E-state index in [1.807, 2.05) is 32.0 Å². The van der Waals surface area contributed by atoms with Crippen molar-refractivity contribution in [3.8, 4) is 0 Å². The van der Waals surface area contributed by atoms with Gasteiger partial charge in [-0.1, -0.05) is 115 Å². The van der Waals surface area contributed by atoms with Crippen molar-refractivity contribution in [3.63, 3.8) is 0 Å². The molecule has 0 spiro atoms. The average molecular weight is 667 g/mol. The van der Waals surface area contributed by atoms with E-state index in [0.29, 0.717) is 16.7 Å². The van der Waals surface area contributed by atoms with Gasteiger partial charge in [0, 0.05) is 0 Å². The van der Waals surface area contributed by atoms with Crippen LogP contribution in [-0.4, -0.2) is 36.2 Å². The third-order valence-electron chi connectivity index (χ3n) is 6.82. The van der Waals surface area contributed by atoms with Crippen molar-refractivity contribution in [2.24, 2.45) is 0 Å². The van der Waals surface area contributed by atoms with E-state index in [-0.39, 0.29) is 18.3 Å². The van der Waals surface area contributed by atoms with Crippen molar-refractivity contribution in [2.75, 3.05) is 0 Å². The van der Waals surface area contributed by atoms with Crippen LogP contribution < -0.4 is 0 Å². The Labute approximate surface area is 286 Å². The lowest BCUT2D eigenvalue weighted by molar-refractivity contribution is -0.276. The molecule has 3 aromatic rings. The molecule has 0 aliphatic rings. The molecule has 0 fully saturated rings. The Balaban J connectivity index is 0.000000361. The Morgan fingerprint density at radius 2 is 0.771 bits per heavy atom. The van der Waals surface area contributed by atoms with Crippen LogP contribution >= 0.6 is 0 Å². The third-order valence-corrected chi connectivity index (χ3v) is 6.82. The Kier molecular flexibility index (Phi) is 23.6. The van der Waals surface area contributed by atoms with E-state index in [4.69, 9.17) is 29.3 Å². The topological polar surface area (TPSA) is 107 Å². The molecule has 9 heteroatoms. The predicted octanol–water partition coefficient (Wildman–Crippen LogP) is 10.1. The molecule has 0 saturated heterocycles. The fraction of sp³-hybridized carbons (Fsp3) is 0.462. The second kappa shape index (κ2) is 27.0. The van der Waals surface area contributed by atoms with E-state index < -0.39 is 17.9 Å². The Morgan fingerprint density at radius 1 is 0.458 bits per heavy atom. The number of carbonyl (C=O) groups is 3. The van der Waals surface area contributed by atoms with Gasteiger partial charge in [-0.2, -0.15) is 14.7 Å². The molecular formula is C39H54O9. The lowest BCUT2D eigenvalue weighted by Gasteiger charge is -2.14. The largest absolute Gasteiger partial charge is 0.373 e. The minimum Gasteiger partial charge on any atom is -0.293 e. The van der Waals surface area contributed by atoms with Crippen molar-refractivity contribution in [1.82, 2.24) is 0 Å². The minimum atomic E-state index is -0.446. The van der Waals surface area contributed by atoms with Crippen LogP contribution in [0.4, 0.5) is 0 Å². The van der Waals surface area contributed by atoms with Crippen molar-refractivity contribution in [2.45, 2.75) is 118 Å². The highest BCUT2D eigenvalue weighted by molar-refractivity contribution is 5.89. The fourth-order valence-electron chi connectivity index (χ4n) is 4.20. The summed E-state index contributed by atoms with van der Waals surface area (Å²) in [6.07, 6.45) is 8.47. The van der Waals surface area contributed by atoms with Crippen LogP contribution in [-0.2, 0) is 29.3 Å². The zero-order valence-corrected chi connectivity index (χ0v) is 29.4. The molecule has 0 heterocycles. The van der Waals surface area contributed by atoms with Crippen LogP contribution in [0, 0.1) is 0 Å². The first-order valence-electron chi connectivity index (χ1n) is 17.1. The molecule has 0 bridgehead atoms. The van der Waals surface area contributed by atoms with Gasteiger partial charge in [-0.05, 0) is 75.4 Å². The highest BCUT2D eigenvalue weighted by Crippen LogP contribution is 2.12. The fourth-order valence-corrected chi connectivity index (χ4v) is 4.20. The lowest BCUT2D eigenvalue weighted by atomic mass is 10.1. The lowest BCUT2D eigenvalue weighted by Crippen LogP contribution is -2.16. The van der Waals surface area contributed by atoms with Crippen LogP contribution in [0.3, 0.4) is 0 Å². The first-order valence-corrected chi connectivity index (χ1v) is 17.1. The summed E-state index contributed by atoms with van der Waals surface area (Å²) in [5, 5.41) is 0. The predicted molar refractivity (Wildman–Crippen MR) is 186 cm³/mol. The Morgan fingerprint density at radius 3 is 1.10 bits per heavy atom. The maximum atomic E-state index is 11.6. The number of benzene rings is 3. The molecule has 3 rings (SSSR count). The van der Waals surface area contributed by atoms with Gasteiger partial charge in [0.15, 0.2) is 0 Å². The summed E-state index contributed by atoms with van der Waals surface area (Å²) in [5.41, 5.74) is 1.52. The molecule has 3 aromatic carbocycles. The molecule has 9 nitrogen and oxygen atoms in total. The van der Waals surface area contributed by atoms with Crippen LogP contribution in [0.2, 0.25) is 0 Å². The SMILES string of the molecule is CCCC(C)OOC(=O)c1ccccc1.CCCC(CC)OOC(=O)c1ccccc1.CCCC(CCC)OOC(=O)c1ccccc1. The van der Waals surface area contributed by atoms with Gasteiger partial charge in [-0.3, -0.25) is 14.7 Å². The van der Waals surface area contributed by atoms with Gasteiger partial charge < -0.3 is 0 Å². The Bertz CT molecular complexity index is 1230. The van der Waals surface area contributed by atoms with Crippen LogP contribution in [0.1, 0.15) is 130 Å². The summed E-state index contributed by atoms with van der Waals surface area (Å²) in [4.78, 5) is 64.1. The zero-order chi connectivity index (χ0) is 35.4. The molecule has 0 radical (unpaired) electrons. The van der Waals surface area contributed by atoms with Gasteiger partial charge >= 0.3 is 17.9 Å². The number of rotatable bonds is 18. The highest BCUT2D eigenvalue weighted by Gasteiger charge is 2.14. The van der Waals surface area contributed by atoms with Gasteiger partial charge in [0.25, 0.3) is 0 Å². The van der Waals surface area contributed by atoms with Gasteiger partial charge in [0.05, 0.1) is 16.7 Å². The van der Waals surface area contributed by atoms with Crippen molar-refractivity contribution < 1.29 is 43.7 Å². The van der Waals surface area contributed by atoms with Gasteiger partial charge in [0.2, 0.25) is 0 Å². The number of hydrogen-bond acceptors (Lipinski definition) is 9. The molecule has 0 saturated carbocycles. The molecule has 48 heavy (non-hydrogen) atoms. The molecule has 2 unspecified atom stereocenters. The van der Waals surface area contributed by atoms with Crippen molar-refractivity contribution in [3.05, 3.63) is 108 Å². The molecule has 0 aliphatic heterocycles.